The highest BCUT2D eigenvalue weighted by atomic mass is 79.9. The summed E-state index contributed by atoms with van der Waals surface area (Å²) in [5.74, 6) is -0.111. The normalized spacial score (nSPS) is 13.2. The molecule has 0 saturated carbocycles. The number of nitrogens with two attached hydrogens (primary N) is 1. The molecule has 0 spiro atoms. The van der Waals surface area contributed by atoms with Crippen molar-refractivity contribution in [2.45, 2.75) is 38.8 Å². The molecule has 0 radical (unpaired) electrons. The van der Waals surface area contributed by atoms with Gasteiger partial charge in [0, 0.05) is 4.47 Å². The lowest BCUT2D eigenvalue weighted by atomic mass is 9.94. The quantitative estimate of drug-likeness (QED) is 0.897. The molecule has 1 amide bonds. The number of carbonyl (C=O) groups excluding carboxylic acids is 1. The first-order chi connectivity index (χ1) is 7.86. The minimum absolute atomic E-state index is 0.111. The molecule has 3 nitrogen and oxygen atoms in total. The van der Waals surface area contributed by atoms with E-state index in [0.29, 0.717) is 6.42 Å². The van der Waals surface area contributed by atoms with Gasteiger partial charge in [-0.25, -0.2) is 0 Å². The number of hydrogen-bond donors (Lipinski definition) is 2. The molecule has 0 aromatic heterocycles. The van der Waals surface area contributed by atoms with E-state index in [1.165, 1.54) is 0 Å². The molecular formula is C13H19BrN2O. The summed E-state index contributed by atoms with van der Waals surface area (Å²) in [5.41, 5.74) is 6.35. The fourth-order valence-corrected chi connectivity index (χ4v) is 1.79. The molecule has 17 heavy (non-hydrogen) atoms. The molecule has 1 aromatic carbocycles. The van der Waals surface area contributed by atoms with Gasteiger partial charge in [0.2, 0.25) is 5.91 Å². The van der Waals surface area contributed by atoms with Gasteiger partial charge in [0.1, 0.15) is 0 Å². The third kappa shape index (κ3) is 3.82. The molecule has 3 N–H and O–H groups in total. The van der Waals surface area contributed by atoms with Gasteiger partial charge in [-0.1, -0.05) is 35.0 Å². The van der Waals surface area contributed by atoms with Crippen molar-refractivity contribution < 1.29 is 4.79 Å². The first-order valence-corrected chi connectivity index (χ1v) is 6.49. The summed E-state index contributed by atoms with van der Waals surface area (Å²) < 4.78 is 1.02. The second-order valence-corrected chi connectivity index (χ2v) is 5.55. The number of benzene rings is 1. The lowest BCUT2D eigenvalue weighted by Crippen LogP contribution is -2.48. The Kier molecular flexibility index (Phi) is 4.71. The van der Waals surface area contributed by atoms with E-state index in [9.17, 15) is 4.79 Å². The topological polar surface area (TPSA) is 55.1 Å². The highest BCUT2D eigenvalue weighted by Gasteiger charge is 2.24. The van der Waals surface area contributed by atoms with Crippen LogP contribution >= 0.6 is 15.9 Å². The van der Waals surface area contributed by atoms with Gasteiger partial charge in [-0.05, 0) is 38.0 Å². The maximum absolute atomic E-state index is 11.8. The maximum atomic E-state index is 11.8. The third-order valence-corrected chi connectivity index (χ3v) is 3.31. The van der Waals surface area contributed by atoms with Crippen molar-refractivity contribution in [2.24, 2.45) is 5.73 Å². The van der Waals surface area contributed by atoms with E-state index in [1.54, 1.807) is 0 Å². The van der Waals surface area contributed by atoms with Crippen LogP contribution in [0.2, 0.25) is 0 Å². The fraction of sp³-hybridized carbons (Fsp3) is 0.462. The number of amides is 1. The molecule has 1 rings (SSSR count). The van der Waals surface area contributed by atoms with Gasteiger partial charge in [0.05, 0.1) is 11.6 Å². The van der Waals surface area contributed by atoms with E-state index >= 15 is 0 Å². The lowest BCUT2D eigenvalue weighted by Gasteiger charge is -2.28. The molecule has 1 unspecified atom stereocenters. The first-order valence-electron chi connectivity index (χ1n) is 5.70. The molecule has 94 valence electrons. The zero-order valence-corrected chi connectivity index (χ0v) is 12.0. The van der Waals surface area contributed by atoms with Crippen LogP contribution in [-0.4, -0.2) is 11.9 Å². The number of rotatable bonds is 4. The van der Waals surface area contributed by atoms with Crippen LogP contribution in [-0.2, 0) is 10.3 Å². The van der Waals surface area contributed by atoms with Gasteiger partial charge in [-0.2, -0.15) is 0 Å². The second-order valence-electron chi connectivity index (χ2n) is 4.64. The monoisotopic (exact) mass is 298 g/mol. The van der Waals surface area contributed by atoms with E-state index in [-0.39, 0.29) is 5.91 Å². The molecular weight excluding hydrogens is 280 g/mol. The number of halogens is 1. The van der Waals surface area contributed by atoms with Crippen LogP contribution in [0.25, 0.3) is 0 Å². The predicted molar refractivity (Wildman–Crippen MR) is 73.6 cm³/mol. The van der Waals surface area contributed by atoms with E-state index < -0.39 is 11.6 Å². The number of hydrogen-bond acceptors (Lipinski definition) is 2. The van der Waals surface area contributed by atoms with Crippen molar-refractivity contribution in [3.05, 3.63) is 34.3 Å². The highest BCUT2D eigenvalue weighted by Crippen LogP contribution is 2.22. The fourth-order valence-electron chi connectivity index (χ4n) is 1.52. The van der Waals surface area contributed by atoms with Crippen molar-refractivity contribution in [1.82, 2.24) is 5.32 Å². The number of carbonyl (C=O) groups is 1. The van der Waals surface area contributed by atoms with Crippen molar-refractivity contribution in [3.63, 3.8) is 0 Å². The summed E-state index contributed by atoms with van der Waals surface area (Å²) in [6.45, 7) is 5.84. The summed E-state index contributed by atoms with van der Waals surface area (Å²) in [6, 6.07) is 7.46. The van der Waals surface area contributed by atoms with Gasteiger partial charge in [0.25, 0.3) is 0 Å². The molecule has 4 heteroatoms. The summed E-state index contributed by atoms with van der Waals surface area (Å²) >= 11 is 3.39. The lowest BCUT2D eigenvalue weighted by molar-refractivity contribution is -0.124. The Morgan fingerprint density at radius 1 is 1.41 bits per heavy atom. The summed E-state index contributed by atoms with van der Waals surface area (Å²) in [6.07, 6.45) is 0.641. The summed E-state index contributed by atoms with van der Waals surface area (Å²) in [7, 11) is 0. The Balaban J connectivity index is 2.81. The molecule has 0 saturated heterocycles. The third-order valence-electron chi connectivity index (χ3n) is 2.78. The van der Waals surface area contributed by atoms with Gasteiger partial charge >= 0.3 is 0 Å². The van der Waals surface area contributed by atoms with Crippen molar-refractivity contribution in [1.29, 1.82) is 0 Å². The van der Waals surface area contributed by atoms with Gasteiger partial charge in [-0.3, -0.25) is 4.79 Å². The highest BCUT2D eigenvalue weighted by molar-refractivity contribution is 9.10. The Morgan fingerprint density at radius 2 is 1.94 bits per heavy atom. The Hall–Kier alpha value is -0.870. The SMILES string of the molecule is CCC(N)C(=O)NC(C)(C)c1ccc(Br)cc1. The average molecular weight is 299 g/mol. The Morgan fingerprint density at radius 3 is 2.41 bits per heavy atom. The van der Waals surface area contributed by atoms with Crippen LogP contribution in [0, 0.1) is 0 Å². The van der Waals surface area contributed by atoms with Crippen molar-refractivity contribution in [3.8, 4) is 0 Å². The summed E-state index contributed by atoms with van der Waals surface area (Å²) in [4.78, 5) is 11.8. The Bertz CT molecular complexity index is 387. The summed E-state index contributed by atoms with van der Waals surface area (Å²) in [5, 5.41) is 2.96. The minimum atomic E-state index is -0.440. The molecule has 0 bridgehead atoms. The molecule has 0 heterocycles. The standard InChI is InChI=1S/C13H19BrN2O/c1-4-11(15)12(17)16-13(2,3)9-5-7-10(14)8-6-9/h5-8,11H,4,15H2,1-3H3,(H,16,17). The maximum Gasteiger partial charge on any atom is 0.237 e. The number of nitrogens with one attached hydrogen (secondary N) is 1. The van der Waals surface area contributed by atoms with Gasteiger partial charge in [-0.15, -0.1) is 0 Å². The molecule has 0 fully saturated rings. The van der Waals surface area contributed by atoms with E-state index in [2.05, 4.69) is 21.2 Å². The second kappa shape index (κ2) is 5.65. The van der Waals surface area contributed by atoms with E-state index in [1.807, 2.05) is 45.0 Å². The first kappa shape index (κ1) is 14.2. The molecule has 1 aromatic rings. The van der Waals surface area contributed by atoms with Crippen LogP contribution in [0.15, 0.2) is 28.7 Å². The van der Waals surface area contributed by atoms with Crippen LogP contribution in [0.1, 0.15) is 32.8 Å². The molecule has 0 aliphatic heterocycles. The van der Waals surface area contributed by atoms with Crippen LogP contribution in [0.5, 0.6) is 0 Å². The molecule has 0 aliphatic carbocycles. The molecule has 0 aliphatic rings. The predicted octanol–water partition coefficient (Wildman–Crippen LogP) is 2.54. The van der Waals surface area contributed by atoms with Crippen molar-refractivity contribution in [2.75, 3.05) is 0 Å². The van der Waals surface area contributed by atoms with Gasteiger partial charge in [0.15, 0.2) is 0 Å². The van der Waals surface area contributed by atoms with E-state index in [0.717, 1.165) is 10.0 Å². The zero-order valence-electron chi connectivity index (χ0n) is 10.5. The van der Waals surface area contributed by atoms with Crippen LogP contribution in [0.4, 0.5) is 0 Å². The van der Waals surface area contributed by atoms with E-state index in [4.69, 9.17) is 5.73 Å². The smallest absolute Gasteiger partial charge is 0.237 e. The molecule has 1 atom stereocenters. The van der Waals surface area contributed by atoms with Crippen molar-refractivity contribution >= 4 is 21.8 Å². The van der Waals surface area contributed by atoms with Crippen LogP contribution < -0.4 is 11.1 Å². The zero-order chi connectivity index (χ0) is 13.1. The Labute approximate surface area is 111 Å². The van der Waals surface area contributed by atoms with Gasteiger partial charge < -0.3 is 11.1 Å². The minimum Gasteiger partial charge on any atom is -0.346 e. The largest absolute Gasteiger partial charge is 0.346 e. The average Bonchev–Trinajstić information content (AvgIpc) is 2.27. The van der Waals surface area contributed by atoms with Crippen LogP contribution in [0.3, 0.4) is 0 Å².